The van der Waals surface area contributed by atoms with E-state index in [0.29, 0.717) is 0 Å². The van der Waals surface area contributed by atoms with Crippen LogP contribution in [0.4, 0.5) is 17.1 Å². The molecule has 0 aliphatic rings. The van der Waals surface area contributed by atoms with E-state index >= 15 is 0 Å². The number of furan rings is 1. The zero-order valence-corrected chi connectivity index (χ0v) is 22.9. The SMILES string of the molecule is c1ccc(-c2ccc(-c3cc(N(c4ccccc4)c4ccccc4)cc4oc5c6ccccc6ccc5c34)cc2)cc1. The first-order valence-electron chi connectivity index (χ1n) is 14.3. The van der Waals surface area contributed by atoms with Crippen LogP contribution in [-0.2, 0) is 0 Å². The molecule has 2 heteroatoms. The molecule has 198 valence electrons. The standard InChI is InChI=1S/C40H27NO/c1-4-12-28(13-5-1)29-20-22-31(23-21-29)37-26-34(41(32-15-6-2-7-16-32)33-17-8-3-9-18-33)27-38-39(37)36-25-24-30-14-10-11-19-35(30)40(36)42-38/h1-27H. The van der Waals surface area contributed by atoms with Crippen molar-refractivity contribution in [3.8, 4) is 22.3 Å². The van der Waals surface area contributed by atoms with Gasteiger partial charge in [0.1, 0.15) is 11.2 Å². The van der Waals surface area contributed by atoms with Crippen LogP contribution in [-0.4, -0.2) is 0 Å². The highest BCUT2D eigenvalue weighted by Gasteiger charge is 2.20. The van der Waals surface area contributed by atoms with Gasteiger partial charge in [-0.25, -0.2) is 0 Å². The van der Waals surface area contributed by atoms with Gasteiger partial charge < -0.3 is 9.32 Å². The topological polar surface area (TPSA) is 16.4 Å². The van der Waals surface area contributed by atoms with Crippen LogP contribution in [0, 0.1) is 0 Å². The van der Waals surface area contributed by atoms with Crippen molar-refractivity contribution in [1.82, 2.24) is 0 Å². The maximum absolute atomic E-state index is 6.76. The minimum absolute atomic E-state index is 0.873. The molecule has 2 nitrogen and oxygen atoms in total. The zero-order valence-electron chi connectivity index (χ0n) is 22.9. The maximum Gasteiger partial charge on any atom is 0.143 e. The number of para-hydroxylation sites is 2. The van der Waals surface area contributed by atoms with Crippen LogP contribution in [0.15, 0.2) is 168 Å². The van der Waals surface area contributed by atoms with Gasteiger partial charge in [-0.3, -0.25) is 0 Å². The second kappa shape index (κ2) is 10.1. The fourth-order valence-corrected chi connectivity index (χ4v) is 6.05. The van der Waals surface area contributed by atoms with Crippen molar-refractivity contribution in [3.63, 3.8) is 0 Å². The summed E-state index contributed by atoms with van der Waals surface area (Å²) in [6.07, 6.45) is 0. The van der Waals surface area contributed by atoms with Crippen molar-refractivity contribution in [2.75, 3.05) is 4.90 Å². The number of benzene rings is 7. The molecule has 0 aliphatic carbocycles. The Hall–Kier alpha value is -5.60. The second-order valence-electron chi connectivity index (χ2n) is 10.6. The fraction of sp³-hybridized carbons (Fsp3) is 0. The molecule has 0 radical (unpaired) electrons. The Balaban J connectivity index is 1.41. The molecular weight excluding hydrogens is 510 g/mol. The number of nitrogens with zero attached hydrogens (tertiary/aromatic N) is 1. The molecule has 0 fully saturated rings. The lowest BCUT2D eigenvalue weighted by Gasteiger charge is -2.26. The van der Waals surface area contributed by atoms with Crippen LogP contribution in [0.3, 0.4) is 0 Å². The molecule has 0 amide bonds. The summed E-state index contributed by atoms with van der Waals surface area (Å²) in [6.45, 7) is 0. The number of rotatable bonds is 5. The van der Waals surface area contributed by atoms with Crippen molar-refractivity contribution in [2.24, 2.45) is 0 Å². The Labute approximate surface area is 244 Å². The van der Waals surface area contributed by atoms with Crippen LogP contribution >= 0.6 is 0 Å². The van der Waals surface area contributed by atoms with Gasteiger partial charge in [0.05, 0.1) is 5.69 Å². The van der Waals surface area contributed by atoms with E-state index in [0.717, 1.165) is 55.5 Å². The lowest BCUT2D eigenvalue weighted by Crippen LogP contribution is -2.09. The smallest absolute Gasteiger partial charge is 0.143 e. The van der Waals surface area contributed by atoms with Crippen molar-refractivity contribution in [1.29, 1.82) is 0 Å². The van der Waals surface area contributed by atoms with Gasteiger partial charge in [0.25, 0.3) is 0 Å². The van der Waals surface area contributed by atoms with Crippen molar-refractivity contribution < 1.29 is 4.42 Å². The van der Waals surface area contributed by atoms with Crippen molar-refractivity contribution in [2.45, 2.75) is 0 Å². The molecular formula is C40H27NO. The Bertz CT molecular complexity index is 2120. The van der Waals surface area contributed by atoms with Crippen LogP contribution in [0.25, 0.3) is 55.0 Å². The van der Waals surface area contributed by atoms with Gasteiger partial charge in [0.2, 0.25) is 0 Å². The van der Waals surface area contributed by atoms with E-state index in [-0.39, 0.29) is 0 Å². The molecule has 0 aliphatic heterocycles. The third-order valence-corrected chi connectivity index (χ3v) is 8.04. The molecule has 0 bridgehead atoms. The van der Waals surface area contributed by atoms with Crippen molar-refractivity contribution >= 4 is 49.8 Å². The van der Waals surface area contributed by atoms with Gasteiger partial charge >= 0.3 is 0 Å². The summed E-state index contributed by atoms with van der Waals surface area (Å²) in [4.78, 5) is 2.30. The average molecular weight is 538 g/mol. The number of hydrogen-bond acceptors (Lipinski definition) is 2. The Morgan fingerprint density at radius 2 is 0.976 bits per heavy atom. The molecule has 8 aromatic rings. The third-order valence-electron chi connectivity index (χ3n) is 8.04. The van der Waals surface area contributed by atoms with Gasteiger partial charge in [-0.2, -0.15) is 0 Å². The normalized spacial score (nSPS) is 11.3. The summed E-state index contributed by atoms with van der Waals surface area (Å²) < 4.78 is 6.76. The van der Waals surface area contributed by atoms with Gasteiger partial charge in [0.15, 0.2) is 0 Å². The summed E-state index contributed by atoms with van der Waals surface area (Å²) >= 11 is 0. The molecule has 7 aromatic carbocycles. The molecule has 1 aromatic heterocycles. The predicted molar refractivity (Wildman–Crippen MR) is 177 cm³/mol. The highest BCUT2D eigenvalue weighted by Crippen LogP contribution is 2.44. The van der Waals surface area contributed by atoms with Crippen molar-refractivity contribution in [3.05, 3.63) is 164 Å². The van der Waals surface area contributed by atoms with Crippen LogP contribution in [0.1, 0.15) is 0 Å². The van der Waals surface area contributed by atoms with E-state index in [1.807, 2.05) is 0 Å². The Kier molecular flexibility index (Phi) is 5.82. The van der Waals surface area contributed by atoms with Gasteiger partial charge in [-0.1, -0.05) is 121 Å². The largest absolute Gasteiger partial charge is 0.455 e. The molecule has 42 heavy (non-hydrogen) atoms. The lowest BCUT2D eigenvalue weighted by molar-refractivity contribution is 0.673. The first-order chi connectivity index (χ1) is 20.8. The summed E-state index contributed by atoms with van der Waals surface area (Å²) in [5, 5.41) is 4.56. The highest BCUT2D eigenvalue weighted by atomic mass is 16.3. The lowest BCUT2D eigenvalue weighted by atomic mass is 9.95. The molecule has 0 saturated heterocycles. The second-order valence-corrected chi connectivity index (χ2v) is 10.6. The van der Waals surface area contributed by atoms with E-state index in [1.165, 1.54) is 16.5 Å². The summed E-state index contributed by atoms with van der Waals surface area (Å²) in [5.41, 5.74) is 9.74. The van der Waals surface area contributed by atoms with Crippen LogP contribution < -0.4 is 4.90 Å². The summed E-state index contributed by atoms with van der Waals surface area (Å²) in [6, 6.07) is 57.8. The van der Waals surface area contributed by atoms with E-state index in [2.05, 4.69) is 169 Å². The zero-order chi connectivity index (χ0) is 27.9. The minimum Gasteiger partial charge on any atom is -0.455 e. The van der Waals surface area contributed by atoms with Gasteiger partial charge in [-0.15, -0.1) is 0 Å². The fourth-order valence-electron chi connectivity index (χ4n) is 6.05. The molecule has 1 heterocycles. The Morgan fingerprint density at radius 1 is 0.405 bits per heavy atom. The molecule has 8 rings (SSSR count). The first-order valence-corrected chi connectivity index (χ1v) is 14.3. The molecule has 0 N–H and O–H groups in total. The van der Waals surface area contributed by atoms with Crippen LogP contribution in [0.2, 0.25) is 0 Å². The monoisotopic (exact) mass is 537 g/mol. The van der Waals surface area contributed by atoms with E-state index in [9.17, 15) is 0 Å². The van der Waals surface area contributed by atoms with Gasteiger partial charge in [0, 0.05) is 33.6 Å². The molecule has 0 atom stereocenters. The van der Waals surface area contributed by atoms with E-state index < -0.39 is 0 Å². The quantitative estimate of drug-likeness (QED) is 0.217. The number of hydrogen-bond donors (Lipinski definition) is 0. The van der Waals surface area contributed by atoms with Crippen LogP contribution in [0.5, 0.6) is 0 Å². The van der Waals surface area contributed by atoms with Gasteiger partial charge in [-0.05, 0) is 64.0 Å². The average Bonchev–Trinajstić information content (AvgIpc) is 3.45. The third kappa shape index (κ3) is 4.13. The summed E-state index contributed by atoms with van der Waals surface area (Å²) in [7, 11) is 0. The summed E-state index contributed by atoms with van der Waals surface area (Å²) in [5.74, 6) is 0. The predicted octanol–water partition coefficient (Wildman–Crippen LogP) is 11.5. The van der Waals surface area contributed by atoms with E-state index in [1.54, 1.807) is 0 Å². The highest BCUT2D eigenvalue weighted by molar-refractivity contribution is 6.19. The maximum atomic E-state index is 6.76. The number of anilines is 3. The molecule has 0 unspecified atom stereocenters. The first kappa shape index (κ1) is 24.2. The Morgan fingerprint density at radius 3 is 1.67 bits per heavy atom. The van der Waals surface area contributed by atoms with E-state index in [4.69, 9.17) is 4.42 Å². The number of fused-ring (bicyclic) bond motifs is 5. The molecule has 0 spiro atoms. The molecule has 0 saturated carbocycles. The minimum atomic E-state index is 0.873.